The Bertz CT molecular complexity index is 452. The van der Waals surface area contributed by atoms with E-state index in [1.807, 2.05) is 24.0 Å². The molecule has 1 aliphatic rings. The summed E-state index contributed by atoms with van der Waals surface area (Å²) in [5.41, 5.74) is 2.16. The lowest BCUT2D eigenvalue weighted by Gasteiger charge is -2.24. The maximum absolute atomic E-state index is 12.3. The zero-order valence-corrected chi connectivity index (χ0v) is 13.4. The molecule has 0 heterocycles. The van der Waals surface area contributed by atoms with Crippen molar-refractivity contribution >= 4 is 11.7 Å². The zero-order chi connectivity index (χ0) is 15.1. The van der Waals surface area contributed by atoms with E-state index in [-0.39, 0.29) is 6.03 Å². The van der Waals surface area contributed by atoms with Crippen LogP contribution in [0.15, 0.2) is 24.3 Å². The van der Waals surface area contributed by atoms with Gasteiger partial charge in [0.25, 0.3) is 0 Å². The van der Waals surface area contributed by atoms with Crippen LogP contribution in [0.1, 0.15) is 51.0 Å². The number of benzene rings is 1. The Morgan fingerprint density at radius 2 is 2.05 bits per heavy atom. The molecule has 1 N–H and O–H groups in total. The van der Waals surface area contributed by atoms with E-state index in [4.69, 9.17) is 0 Å². The monoisotopic (exact) mass is 288 g/mol. The van der Waals surface area contributed by atoms with E-state index in [0.29, 0.717) is 6.54 Å². The highest BCUT2D eigenvalue weighted by atomic mass is 16.2. The Morgan fingerprint density at radius 3 is 2.71 bits per heavy atom. The van der Waals surface area contributed by atoms with Gasteiger partial charge in [-0.05, 0) is 43.9 Å². The number of hydrogen-bond acceptors (Lipinski definition) is 1. The normalized spacial score (nSPS) is 15.7. The summed E-state index contributed by atoms with van der Waals surface area (Å²) < 4.78 is 0. The minimum atomic E-state index is 0.0268. The third-order valence-corrected chi connectivity index (χ3v) is 4.43. The van der Waals surface area contributed by atoms with Gasteiger partial charge in [0.05, 0.1) is 0 Å². The summed E-state index contributed by atoms with van der Waals surface area (Å²) in [5, 5.41) is 3.09. The average Bonchev–Trinajstić information content (AvgIpc) is 2.49. The van der Waals surface area contributed by atoms with Gasteiger partial charge in [-0.2, -0.15) is 0 Å². The Morgan fingerprint density at radius 1 is 1.29 bits per heavy atom. The quantitative estimate of drug-likeness (QED) is 0.850. The zero-order valence-electron chi connectivity index (χ0n) is 13.4. The standard InChI is InChI=1S/C18H28N2O/c1-3-20(17-11-7-8-15(2)14-17)18(21)19-13-12-16-9-5-4-6-10-16/h7-8,11,14,16H,3-6,9-10,12-13H2,1-2H3,(H,19,21). The van der Waals surface area contributed by atoms with Gasteiger partial charge in [-0.1, -0.05) is 44.2 Å². The number of carbonyl (C=O) groups excluding carboxylic acids is 1. The summed E-state index contributed by atoms with van der Waals surface area (Å²) in [6.07, 6.45) is 7.92. The Kier molecular flexibility index (Phi) is 6.09. The maximum atomic E-state index is 12.3. The Labute approximate surface area is 128 Å². The number of carbonyl (C=O) groups is 1. The highest BCUT2D eigenvalue weighted by Gasteiger charge is 2.16. The van der Waals surface area contributed by atoms with Crippen molar-refractivity contribution in [3.63, 3.8) is 0 Å². The van der Waals surface area contributed by atoms with Gasteiger partial charge in [0.15, 0.2) is 0 Å². The first-order valence-corrected chi connectivity index (χ1v) is 8.32. The number of rotatable bonds is 5. The predicted molar refractivity (Wildman–Crippen MR) is 88.8 cm³/mol. The van der Waals surface area contributed by atoms with Crippen LogP contribution in [-0.2, 0) is 0 Å². The number of nitrogens with zero attached hydrogens (tertiary/aromatic N) is 1. The van der Waals surface area contributed by atoms with Gasteiger partial charge in [-0.3, -0.25) is 4.90 Å². The lowest BCUT2D eigenvalue weighted by Crippen LogP contribution is -2.40. The molecule has 0 aromatic heterocycles. The summed E-state index contributed by atoms with van der Waals surface area (Å²) in [7, 11) is 0. The Balaban J connectivity index is 1.82. The van der Waals surface area contributed by atoms with Gasteiger partial charge in [-0.15, -0.1) is 0 Å². The van der Waals surface area contributed by atoms with Crippen molar-refractivity contribution in [1.29, 1.82) is 0 Å². The largest absolute Gasteiger partial charge is 0.338 e. The minimum absolute atomic E-state index is 0.0268. The van der Waals surface area contributed by atoms with Gasteiger partial charge in [0.1, 0.15) is 0 Å². The van der Waals surface area contributed by atoms with Crippen LogP contribution >= 0.6 is 0 Å². The third kappa shape index (κ3) is 4.76. The first-order valence-electron chi connectivity index (χ1n) is 8.32. The number of nitrogens with one attached hydrogen (secondary N) is 1. The molecule has 0 atom stereocenters. The van der Waals surface area contributed by atoms with Crippen LogP contribution in [0.3, 0.4) is 0 Å². The first kappa shape index (κ1) is 15.9. The van der Waals surface area contributed by atoms with Gasteiger partial charge in [0, 0.05) is 18.8 Å². The molecule has 1 aromatic carbocycles. The van der Waals surface area contributed by atoms with Crippen LogP contribution in [0.4, 0.5) is 10.5 Å². The molecule has 116 valence electrons. The van der Waals surface area contributed by atoms with Crippen molar-refractivity contribution in [2.24, 2.45) is 5.92 Å². The number of aryl methyl sites for hydroxylation is 1. The van der Waals surface area contributed by atoms with Gasteiger partial charge in [0.2, 0.25) is 0 Å². The number of anilines is 1. The molecular formula is C18H28N2O. The molecule has 1 aromatic rings. The van der Waals surface area contributed by atoms with Crippen LogP contribution in [-0.4, -0.2) is 19.1 Å². The summed E-state index contributed by atoms with van der Waals surface area (Å²) in [6, 6.07) is 8.14. The summed E-state index contributed by atoms with van der Waals surface area (Å²) >= 11 is 0. The molecular weight excluding hydrogens is 260 g/mol. The topological polar surface area (TPSA) is 32.3 Å². The smallest absolute Gasteiger partial charge is 0.321 e. The van der Waals surface area contributed by atoms with Crippen molar-refractivity contribution in [3.05, 3.63) is 29.8 Å². The van der Waals surface area contributed by atoms with Crippen LogP contribution in [0.5, 0.6) is 0 Å². The van der Waals surface area contributed by atoms with Gasteiger partial charge in [-0.25, -0.2) is 4.79 Å². The molecule has 0 radical (unpaired) electrons. The molecule has 0 bridgehead atoms. The minimum Gasteiger partial charge on any atom is -0.338 e. The van der Waals surface area contributed by atoms with Gasteiger partial charge < -0.3 is 5.32 Å². The SMILES string of the molecule is CCN(C(=O)NCCC1CCCCC1)c1cccc(C)c1. The number of urea groups is 1. The fourth-order valence-electron chi connectivity index (χ4n) is 3.19. The van der Waals surface area contributed by atoms with E-state index >= 15 is 0 Å². The van der Waals surface area contributed by atoms with Crippen molar-refractivity contribution in [2.75, 3.05) is 18.0 Å². The second-order valence-electron chi connectivity index (χ2n) is 6.11. The summed E-state index contributed by atoms with van der Waals surface area (Å²) in [5.74, 6) is 0.813. The molecule has 2 rings (SSSR count). The van der Waals surface area contributed by atoms with E-state index in [1.54, 1.807) is 0 Å². The molecule has 1 saturated carbocycles. The second kappa shape index (κ2) is 8.06. The first-order chi connectivity index (χ1) is 10.2. The highest BCUT2D eigenvalue weighted by Crippen LogP contribution is 2.25. The van der Waals surface area contributed by atoms with Gasteiger partial charge >= 0.3 is 6.03 Å². The molecule has 0 spiro atoms. The fourth-order valence-corrected chi connectivity index (χ4v) is 3.19. The van der Waals surface area contributed by atoms with Crippen LogP contribution in [0.25, 0.3) is 0 Å². The van der Waals surface area contributed by atoms with E-state index < -0.39 is 0 Å². The average molecular weight is 288 g/mol. The lowest BCUT2D eigenvalue weighted by molar-refractivity contribution is 0.244. The van der Waals surface area contributed by atoms with Crippen molar-refractivity contribution in [3.8, 4) is 0 Å². The molecule has 0 saturated heterocycles. The maximum Gasteiger partial charge on any atom is 0.321 e. The molecule has 21 heavy (non-hydrogen) atoms. The van der Waals surface area contributed by atoms with Crippen molar-refractivity contribution in [2.45, 2.75) is 52.4 Å². The molecule has 0 unspecified atom stereocenters. The molecule has 3 nitrogen and oxygen atoms in total. The van der Waals surface area contributed by atoms with Crippen molar-refractivity contribution in [1.82, 2.24) is 5.32 Å². The van der Waals surface area contributed by atoms with Crippen LogP contribution in [0, 0.1) is 12.8 Å². The van der Waals surface area contributed by atoms with Crippen LogP contribution < -0.4 is 10.2 Å². The highest BCUT2D eigenvalue weighted by molar-refractivity contribution is 5.91. The Hall–Kier alpha value is -1.51. The number of hydrogen-bond donors (Lipinski definition) is 1. The summed E-state index contributed by atoms with van der Waals surface area (Å²) in [6.45, 7) is 5.56. The molecule has 2 amide bonds. The van der Waals surface area contributed by atoms with E-state index in [9.17, 15) is 4.79 Å². The summed E-state index contributed by atoms with van der Waals surface area (Å²) in [4.78, 5) is 14.2. The number of amides is 2. The predicted octanol–water partition coefficient (Wildman–Crippen LogP) is 4.50. The second-order valence-corrected chi connectivity index (χ2v) is 6.11. The molecule has 1 aliphatic carbocycles. The fraction of sp³-hybridized carbons (Fsp3) is 0.611. The van der Waals surface area contributed by atoms with Crippen LogP contribution in [0.2, 0.25) is 0 Å². The molecule has 0 aliphatic heterocycles. The molecule has 3 heteroatoms. The van der Waals surface area contributed by atoms with E-state index in [0.717, 1.165) is 24.6 Å². The van der Waals surface area contributed by atoms with E-state index in [1.165, 1.54) is 37.7 Å². The van der Waals surface area contributed by atoms with Crippen molar-refractivity contribution < 1.29 is 4.79 Å². The lowest BCUT2D eigenvalue weighted by atomic mass is 9.87. The molecule has 1 fully saturated rings. The third-order valence-electron chi connectivity index (χ3n) is 4.43. The van der Waals surface area contributed by atoms with E-state index in [2.05, 4.69) is 24.4 Å².